The Balaban J connectivity index is 1.18. The maximum atomic E-state index is 16.3. The maximum Gasteiger partial charge on any atom is 0.200 e. The number of benzene rings is 8. The predicted octanol–water partition coefficient (Wildman–Crippen LogP) is 14.7. The maximum absolute atomic E-state index is 16.3. The van der Waals surface area contributed by atoms with E-state index in [1.807, 2.05) is 73.8 Å². The third kappa shape index (κ3) is 6.16. The van der Waals surface area contributed by atoms with Crippen LogP contribution in [0.4, 0.5) is 56.6 Å². The number of aromatic nitrogens is 1. The molecule has 11 heteroatoms. The van der Waals surface area contributed by atoms with Crippen molar-refractivity contribution in [3.05, 3.63) is 198 Å². The van der Waals surface area contributed by atoms with E-state index in [1.54, 1.807) is 36.4 Å². The Morgan fingerprint density at radius 3 is 1.07 bits per heavy atom. The Bertz CT molecular complexity index is 3070. The van der Waals surface area contributed by atoms with Gasteiger partial charge in [0.2, 0.25) is 5.82 Å². The molecule has 0 aliphatic carbocycles. The first-order chi connectivity index (χ1) is 28.9. The molecule has 0 saturated heterocycles. The zero-order valence-electron chi connectivity index (χ0n) is 31.2. The summed E-state index contributed by atoms with van der Waals surface area (Å²) in [7, 11) is 1.97. The molecule has 0 bridgehead atoms. The van der Waals surface area contributed by atoms with Gasteiger partial charge in [-0.2, -0.15) is 0 Å². The molecule has 60 heavy (non-hydrogen) atoms. The smallest absolute Gasteiger partial charge is 0.200 e. The number of halogens is 9. The second kappa shape index (κ2) is 14.8. The molecule has 0 spiro atoms. The Morgan fingerprint density at radius 1 is 0.333 bits per heavy atom. The molecule has 0 fully saturated rings. The third-order valence-electron chi connectivity index (χ3n) is 10.7. The lowest BCUT2D eigenvalue weighted by atomic mass is 9.99. The number of fused-ring (bicyclic) bond motifs is 3. The van der Waals surface area contributed by atoms with E-state index in [-0.39, 0.29) is 11.4 Å². The molecule has 0 aliphatic heterocycles. The third-order valence-corrected chi connectivity index (χ3v) is 10.7. The highest BCUT2D eigenvalue weighted by molar-refractivity contribution is 6.10. The molecule has 0 saturated carbocycles. The average molecular weight is 815 g/mol. The number of nitrogens with zero attached hydrogens (tertiary/aromatic N) is 2. The Labute approximate surface area is 336 Å². The van der Waals surface area contributed by atoms with Crippen LogP contribution in [0.5, 0.6) is 0 Å². The Morgan fingerprint density at radius 2 is 0.650 bits per heavy atom. The zero-order valence-corrected chi connectivity index (χ0v) is 31.2. The van der Waals surface area contributed by atoms with Crippen LogP contribution >= 0.6 is 0 Å². The van der Waals surface area contributed by atoms with Gasteiger partial charge in [-0.25, -0.2) is 39.5 Å². The van der Waals surface area contributed by atoms with Gasteiger partial charge in [-0.1, -0.05) is 97.1 Å². The second-order valence-electron chi connectivity index (χ2n) is 14.1. The quantitative estimate of drug-likeness (QED) is 0.0884. The van der Waals surface area contributed by atoms with Gasteiger partial charge >= 0.3 is 0 Å². The van der Waals surface area contributed by atoms with Crippen LogP contribution < -0.4 is 4.90 Å². The normalized spacial score (nSPS) is 11.5. The van der Waals surface area contributed by atoms with Crippen molar-refractivity contribution in [2.45, 2.75) is 0 Å². The molecule has 0 N–H and O–H groups in total. The van der Waals surface area contributed by atoms with Crippen LogP contribution in [0.15, 0.2) is 146 Å². The first kappa shape index (κ1) is 38.3. The van der Waals surface area contributed by atoms with Gasteiger partial charge in [0.1, 0.15) is 5.69 Å². The number of hydrogen-bond donors (Lipinski definition) is 0. The van der Waals surface area contributed by atoms with E-state index in [4.69, 9.17) is 0 Å². The van der Waals surface area contributed by atoms with E-state index in [2.05, 4.69) is 22.8 Å². The summed E-state index contributed by atoms with van der Waals surface area (Å²) in [5.41, 5.74) is 1.44. The standard InChI is InChI=1S/C49H27F9N2/c1-59-36-22-16-30(27-10-6-3-7-11-27)24-34(36)35-25-31(17-23-37(35)59)29-14-20-33(21-15-29)60(32-18-12-28(13-19-32)26-8-4-2-5-9-26)49-47(57)42(52)39(43(53)48(49)58)38-40(50)44(54)46(56)45(55)41(38)51/h2-25H,1H3. The van der Waals surface area contributed by atoms with Crippen LogP contribution in [-0.4, -0.2) is 4.57 Å². The highest BCUT2D eigenvalue weighted by Gasteiger charge is 2.36. The first-order valence-corrected chi connectivity index (χ1v) is 18.5. The number of hydrogen-bond acceptors (Lipinski definition) is 1. The van der Waals surface area contributed by atoms with E-state index in [9.17, 15) is 22.0 Å². The van der Waals surface area contributed by atoms with Gasteiger partial charge in [0.05, 0.1) is 11.1 Å². The zero-order chi connectivity index (χ0) is 42.0. The minimum Gasteiger partial charge on any atom is -0.344 e. The van der Waals surface area contributed by atoms with Gasteiger partial charge in [0.25, 0.3) is 0 Å². The summed E-state index contributed by atoms with van der Waals surface area (Å²) < 4.78 is 138. The second-order valence-corrected chi connectivity index (χ2v) is 14.1. The van der Waals surface area contributed by atoms with E-state index >= 15 is 17.6 Å². The summed E-state index contributed by atoms with van der Waals surface area (Å²) in [6.45, 7) is 0. The van der Waals surface area contributed by atoms with Crippen molar-refractivity contribution in [3.8, 4) is 44.5 Å². The fourth-order valence-electron chi connectivity index (χ4n) is 7.71. The van der Waals surface area contributed by atoms with E-state index < -0.39 is 69.2 Å². The molecule has 9 aromatic rings. The lowest BCUT2D eigenvalue weighted by Gasteiger charge is -2.27. The van der Waals surface area contributed by atoms with Gasteiger partial charge in [0.15, 0.2) is 46.5 Å². The van der Waals surface area contributed by atoms with Crippen LogP contribution in [-0.2, 0) is 7.05 Å². The summed E-state index contributed by atoms with van der Waals surface area (Å²) >= 11 is 0. The topological polar surface area (TPSA) is 8.17 Å². The van der Waals surface area contributed by atoms with Gasteiger partial charge < -0.3 is 9.47 Å². The monoisotopic (exact) mass is 814 g/mol. The SMILES string of the molecule is Cn1c2ccc(-c3ccccc3)cc2c2cc(-c3ccc(N(c4ccc(-c5ccccc5)cc4)c4c(F)c(F)c(-c5c(F)c(F)c(F)c(F)c5F)c(F)c4F)cc3)ccc21. The lowest BCUT2D eigenvalue weighted by molar-refractivity contribution is 0.379. The molecule has 1 aromatic heterocycles. The summed E-state index contributed by atoms with van der Waals surface area (Å²) in [6.07, 6.45) is 0. The fourth-order valence-corrected chi connectivity index (χ4v) is 7.71. The average Bonchev–Trinajstić information content (AvgIpc) is 3.57. The first-order valence-electron chi connectivity index (χ1n) is 18.5. The molecular weight excluding hydrogens is 788 g/mol. The fraction of sp³-hybridized carbons (Fsp3) is 0.0204. The predicted molar refractivity (Wildman–Crippen MR) is 216 cm³/mol. The van der Waals surface area contributed by atoms with Crippen LogP contribution in [0.3, 0.4) is 0 Å². The van der Waals surface area contributed by atoms with Gasteiger partial charge in [-0.05, 0) is 81.9 Å². The number of rotatable bonds is 7. The highest BCUT2D eigenvalue weighted by Crippen LogP contribution is 2.45. The van der Waals surface area contributed by atoms with Crippen molar-refractivity contribution in [2.24, 2.45) is 7.05 Å². The molecule has 8 aromatic carbocycles. The molecule has 2 nitrogen and oxygen atoms in total. The van der Waals surface area contributed by atoms with Crippen LogP contribution in [0.25, 0.3) is 66.3 Å². The lowest BCUT2D eigenvalue weighted by Crippen LogP contribution is -2.17. The Kier molecular flexibility index (Phi) is 9.46. The molecular formula is C49H27F9N2. The van der Waals surface area contributed by atoms with Gasteiger partial charge in [-0.3, -0.25) is 0 Å². The van der Waals surface area contributed by atoms with E-state index in [0.29, 0.717) is 11.1 Å². The minimum absolute atomic E-state index is 0.00513. The summed E-state index contributed by atoms with van der Waals surface area (Å²) in [6, 6.07) is 43.5. The van der Waals surface area contributed by atoms with Crippen molar-refractivity contribution < 1.29 is 39.5 Å². The molecule has 0 atom stereocenters. The number of anilines is 3. The minimum atomic E-state index is -2.63. The molecule has 0 aliphatic rings. The molecule has 0 radical (unpaired) electrons. The van der Waals surface area contributed by atoms with E-state index in [0.717, 1.165) is 49.0 Å². The summed E-state index contributed by atoms with van der Waals surface area (Å²) in [4.78, 5) is 0.858. The van der Waals surface area contributed by atoms with Crippen LogP contribution in [0.1, 0.15) is 0 Å². The van der Waals surface area contributed by atoms with E-state index in [1.165, 1.54) is 24.3 Å². The molecule has 9 rings (SSSR count). The largest absolute Gasteiger partial charge is 0.344 e. The van der Waals surface area contributed by atoms with Crippen molar-refractivity contribution in [1.82, 2.24) is 4.57 Å². The molecule has 0 amide bonds. The van der Waals surface area contributed by atoms with Crippen molar-refractivity contribution >= 4 is 38.9 Å². The summed E-state index contributed by atoms with van der Waals surface area (Å²) in [5.74, 6) is -22.1. The molecule has 296 valence electrons. The van der Waals surface area contributed by atoms with Crippen LogP contribution in [0, 0.1) is 52.4 Å². The summed E-state index contributed by atoms with van der Waals surface area (Å²) in [5, 5.41) is 1.98. The van der Waals surface area contributed by atoms with Crippen molar-refractivity contribution in [1.29, 1.82) is 0 Å². The van der Waals surface area contributed by atoms with Gasteiger partial charge in [0, 0.05) is 40.2 Å². The number of aryl methyl sites for hydroxylation is 1. The van der Waals surface area contributed by atoms with Gasteiger partial charge in [-0.15, -0.1) is 0 Å². The molecule has 0 unspecified atom stereocenters. The van der Waals surface area contributed by atoms with Crippen LogP contribution in [0.2, 0.25) is 0 Å². The molecule has 1 heterocycles. The highest BCUT2D eigenvalue weighted by atomic mass is 19.2. The van der Waals surface area contributed by atoms with Crippen molar-refractivity contribution in [2.75, 3.05) is 4.90 Å². The Hall–Kier alpha value is -7.27. The van der Waals surface area contributed by atoms with Crippen molar-refractivity contribution in [3.63, 3.8) is 0 Å².